The number of carbonyl (C=O) groups excluding carboxylic acids is 2. The second-order valence-electron chi connectivity index (χ2n) is 7.72. The van der Waals surface area contributed by atoms with Crippen LogP contribution in [-0.4, -0.2) is 23.1 Å². The first-order chi connectivity index (χ1) is 9.62. The minimum Gasteiger partial charge on any atom is -0.460 e. The van der Waals surface area contributed by atoms with Gasteiger partial charge in [-0.1, -0.05) is 6.58 Å². The van der Waals surface area contributed by atoms with Gasteiger partial charge in [0.1, 0.15) is 11.2 Å². The molecule has 0 aromatic heterocycles. The summed E-state index contributed by atoms with van der Waals surface area (Å²) in [5, 5.41) is 0. The minimum absolute atomic E-state index is 0.0570. The Balaban J connectivity index is 2.04. The molecule has 0 saturated heterocycles. The molecule has 0 aromatic rings. The van der Waals surface area contributed by atoms with Gasteiger partial charge < -0.3 is 9.47 Å². The van der Waals surface area contributed by atoms with Crippen molar-refractivity contribution in [1.82, 2.24) is 0 Å². The van der Waals surface area contributed by atoms with Crippen molar-refractivity contribution in [1.29, 1.82) is 0 Å². The zero-order chi connectivity index (χ0) is 15.8. The Morgan fingerprint density at radius 2 is 1.90 bits per heavy atom. The highest BCUT2D eigenvalue weighted by molar-refractivity contribution is 5.81. The molecule has 0 heterocycles. The number of hydrogen-bond acceptors (Lipinski definition) is 4. The van der Waals surface area contributed by atoms with Gasteiger partial charge in [0.25, 0.3) is 0 Å². The predicted molar refractivity (Wildman–Crippen MR) is 79.5 cm³/mol. The van der Waals surface area contributed by atoms with Gasteiger partial charge in [0, 0.05) is 6.08 Å². The van der Waals surface area contributed by atoms with E-state index < -0.39 is 11.2 Å². The molecule has 0 amide bonds. The van der Waals surface area contributed by atoms with Crippen molar-refractivity contribution in [2.75, 3.05) is 0 Å². The maximum atomic E-state index is 12.3. The van der Waals surface area contributed by atoms with Gasteiger partial charge in [-0.15, -0.1) is 0 Å². The van der Waals surface area contributed by atoms with E-state index in [1.165, 1.54) is 6.08 Å². The number of hydrogen-bond donors (Lipinski definition) is 0. The summed E-state index contributed by atoms with van der Waals surface area (Å²) in [6, 6.07) is 0. The van der Waals surface area contributed by atoms with Crippen LogP contribution < -0.4 is 0 Å². The maximum absolute atomic E-state index is 12.3. The number of rotatable bonds is 3. The van der Waals surface area contributed by atoms with Gasteiger partial charge in [0.15, 0.2) is 0 Å². The molecule has 0 aliphatic heterocycles. The second kappa shape index (κ2) is 5.47. The Labute approximate surface area is 126 Å². The van der Waals surface area contributed by atoms with Gasteiger partial charge in [0.05, 0.1) is 5.92 Å². The normalized spacial score (nSPS) is 35.1. The summed E-state index contributed by atoms with van der Waals surface area (Å²) in [5.41, 5.74) is -0.929. The molecule has 0 aromatic carbocycles. The van der Waals surface area contributed by atoms with Crippen LogP contribution in [0.1, 0.15) is 53.4 Å². The van der Waals surface area contributed by atoms with Crippen LogP contribution in [0.2, 0.25) is 0 Å². The fourth-order valence-electron chi connectivity index (χ4n) is 3.92. The van der Waals surface area contributed by atoms with E-state index in [0.717, 1.165) is 25.7 Å². The molecular formula is C17H26O4. The molecule has 4 unspecified atom stereocenters. The summed E-state index contributed by atoms with van der Waals surface area (Å²) in [6.07, 6.45) is 4.63. The van der Waals surface area contributed by atoms with Crippen LogP contribution in [0.4, 0.5) is 0 Å². The predicted octanol–water partition coefficient (Wildman–Crippen LogP) is 3.25. The standard InChI is InChI=1S/C17H26O4/c1-6-14(18)20-17(5)9-11-7-12(10-17)13(8-11)15(19)21-16(2,3)4/h6,11-13H,1,7-10H2,2-5H3. The third kappa shape index (κ3) is 3.86. The highest BCUT2D eigenvalue weighted by Gasteiger charge is 2.50. The van der Waals surface area contributed by atoms with Crippen LogP contribution in [0.15, 0.2) is 12.7 Å². The summed E-state index contributed by atoms with van der Waals surface area (Å²) in [5.74, 6) is 0.144. The number of fused-ring (bicyclic) bond motifs is 2. The average Bonchev–Trinajstić information content (AvgIpc) is 2.62. The van der Waals surface area contributed by atoms with Crippen LogP contribution >= 0.6 is 0 Å². The molecule has 2 aliphatic carbocycles. The van der Waals surface area contributed by atoms with E-state index in [2.05, 4.69) is 6.58 Å². The van der Waals surface area contributed by atoms with Crippen LogP contribution in [-0.2, 0) is 19.1 Å². The van der Waals surface area contributed by atoms with E-state index in [9.17, 15) is 9.59 Å². The lowest BCUT2D eigenvalue weighted by molar-refractivity contribution is -0.162. The second-order valence-corrected chi connectivity index (χ2v) is 7.72. The Morgan fingerprint density at radius 1 is 1.24 bits per heavy atom. The maximum Gasteiger partial charge on any atom is 0.330 e. The van der Waals surface area contributed by atoms with Gasteiger partial charge in [-0.05, 0) is 65.2 Å². The molecule has 0 spiro atoms. The van der Waals surface area contributed by atoms with Crippen molar-refractivity contribution in [3.63, 3.8) is 0 Å². The lowest BCUT2D eigenvalue weighted by Gasteiger charge is -2.37. The summed E-state index contributed by atoms with van der Waals surface area (Å²) >= 11 is 0. The van der Waals surface area contributed by atoms with Crippen LogP contribution in [0.3, 0.4) is 0 Å². The summed E-state index contributed by atoms with van der Waals surface area (Å²) in [4.78, 5) is 23.8. The molecule has 0 N–H and O–H groups in total. The van der Waals surface area contributed by atoms with E-state index >= 15 is 0 Å². The largest absolute Gasteiger partial charge is 0.460 e. The molecule has 0 radical (unpaired) electrons. The number of ether oxygens (including phenoxy) is 2. The highest BCUT2D eigenvalue weighted by Crippen LogP contribution is 2.51. The quantitative estimate of drug-likeness (QED) is 0.592. The summed E-state index contributed by atoms with van der Waals surface area (Å²) < 4.78 is 11.1. The van der Waals surface area contributed by atoms with Crippen molar-refractivity contribution >= 4 is 11.9 Å². The zero-order valence-corrected chi connectivity index (χ0v) is 13.5. The van der Waals surface area contributed by atoms with Crippen LogP contribution in [0.25, 0.3) is 0 Å². The van der Waals surface area contributed by atoms with Crippen molar-refractivity contribution in [2.24, 2.45) is 17.8 Å². The molecule has 2 bridgehead atoms. The van der Waals surface area contributed by atoms with Crippen LogP contribution in [0, 0.1) is 17.8 Å². The van der Waals surface area contributed by atoms with E-state index in [4.69, 9.17) is 9.47 Å². The van der Waals surface area contributed by atoms with E-state index in [-0.39, 0.29) is 23.8 Å². The van der Waals surface area contributed by atoms with Gasteiger partial charge in [-0.2, -0.15) is 0 Å². The number of esters is 2. The molecular weight excluding hydrogens is 268 g/mol. The van der Waals surface area contributed by atoms with Gasteiger partial charge in [-0.25, -0.2) is 4.79 Å². The molecule has 2 saturated carbocycles. The zero-order valence-electron chi connectivity index (χ0n) is 13.5. The van der Waals surface area contributed by atoms with Crippen molar-refractivity contribution in [3.05, 3.63) is 12.7 Å². The molecule has 4 nitrogen and oxygen atoms in total. The Bertz CT molecular complexity index is 448. The van der Waals surface area contributed by atoms with Crippen molar-refractivity contribution in [3.8, 4) is 0 Å². The van der Waals surface area contributed by atoms with Crippen molar-refractivity contribution in [2.45, 2.75) is 64.6 Å². The third-order valence-electron chi connectivity index (χ3n) is 4.43. The first-order valence-corrected chi connectivity index (χ1v) is 7.70. The van der Waals surface area contributed by atoms with Crippen LogP contribution in [0.5, 0.6) is 0 Å². The third-order valence-corrected chi connectivity index (χ3v) is 4.43. The SMILES string of the molecule is C=CC(=O)OC1(C)CC2CC(C1)C(C(=O)OC(C)(C)C)C2. The molecule has 4 atom stereocenters. The number of carbonyl (C=O) groups is 2. The van der Waals surface area contributed by atoms with E-state index in [1.807, 2.05) is 27.7 Å². The molecule has 2 aliphatic rings. The summed E-state index contributed by atoms with van der Waals surface area (Å²) in [6.45, 7) is 11.1. The van der Waals surface area contributed by atoms with Gasteiger partial charge in [0.2, 0.25) is 0 Å². The molecule has 21 heavy (non-hydrogen) atoms. The molecule has 4 heteroatoms. The Morgan fingerprint density at radius 3 is 2.48 bits per heavy atom. The fourth-order valence-corrected chi connectivity index (χ4v) is 3.92. The molecule has 2 rings (SSSR count). The lowest BCUT2D eigenvalue weighted by Crippen LogP contribution is -2.39. The minimum atomic E-state index is -0.477. The van der Waals surface area contributed by atoms with E-state index in [0.29, 0.717) is 5.92 Å². The smallest absolute Gasteiger partial charge is 0.330 e. The lowest BCUT2D eigenvalue weighted by atomic mass is 9.77. The molecule has 2 fully saturated rings. The van der Waals surface area contributed by atoms with Gasteiger partial charge in [-0.3, -0.25) is 4.79 Å². The summed E-state index contributed by atoms with van der Waals surface area (Å²) in [7, 11) is 0. The first kappa shape index (κ1) is 16.1. The average molecular weight is 294 g/mol. The monoisotopic (exact) mass is 294 g/mol. The molecule has 118 valence electrons. The topological polar surface area (TPSA) is 52.6 Å². The van der Waals surface area contributed by atoms with E-state index in [1.54, 1.807) is 0 Å². The van der Waals surface area contributed by atoms with Crippen molar-refractivity contribution < 1.29 is 19.1 Å². The fraction of sp³-hybridized carbons (Fsp3) is 0.765. The van der Waals surface area contributed by atoms with Gasteiger partial charge >= 0.3 is 11.9 Å². The Hall–Kier alpha value is -1.32. The first-order valence-electron chi connectivity index (χ1n) is 7.70. The highest BCUT2D eigenvalue weighted by atomic mass is 16.6. The Kier molecular flexibility index (Phi) is 4.18.